The fourth-order valence-electron chi connectivity index (χ4n) is 4.34. The average molecular weight is 434 g/mol. The molecule has 2 aliphatic rings. The van der Waals surface area contributed by atoms with E-state index in [9.17, 15) is 13.2 Å². The smallest absolute Gasteiger partial charge is 0.243 e. The van der Waals surface area contributed by atoms with Crippen LogP contribution >= 0.6 is 11.3 Å². The Hall–Kier alpha value is -1.74. The van der Waals surface area contributed by atoms with Crippen molar-refractivity contribution in [2.24, 2.45) is 0 Å². The van der Waals surface area contributed by atoms with Gasteiger partial charge in [0, 0.05) is 37.1 Å². The van der Waals surface area contributed by atoms with Gasteiger partial charge < -0.3 is 4.90 Å². The van der Waals surface area contributed by atoms with Crippen LogP contribution in [0.4, 0.5) is 0 Å². The summed E-state index contributed by atoms with van der Waals surface area (Å²) >= 11 is 1.75. The van der Waals surface area contributed by atoms with Crippen molar-refractivity contribution in [2.75, 3.05) is 32.7 Å². The third-order valence-corrected chi connectivity index (χ3v) is 8.84. The summed E-state index contributed by atoms with van der Waals surface area (Å²) in [5.74, 6) is 0.102. The van der Waals surface area contributed by atoms with Gasteiger partial charge in [0.05, 0.1) is 10.9 Å². The van der Waals surface area contributed by atoms with Gasteiger partial charge in [-0.05, 0) is 49.9 Å². The molecule has 1 aromatic carbocycles. The van der Waals surface area contributed by atoms with Crippen molar-refractivity contribution in [3.8, 4) is 0 Å². The lowest BCUT2D eigenvalue weighted by Crippen LogP contribution is -2.55. The van der Waals surface area contributed by atoms with Crippen LogP contribution < -0.4 is 0 Å². The highest BCUT2D eigenvalue weighted by molar-refractivity contribution is 7.89. The van der Waals surface area contributed by atoms with Crippen molar-refractivity contribution >= 4 is 27.3 Å². The van der Waals surface area contributed by atoms with Gasteiger partial charge in [-0.25, -0.2) is 8.42 Å². The molecule has 0 bridgehead atoms. The molecule has 0 saturated carbocycles. The SMILES string of the molecule is C[C@@H](C(=O)N1CCN(S(=O)(=O)c2ccccc2)CC1)N1CCC[C@H]1c1cccs1. The van der Waals surface area contributed by atoms with Gasteiger partial charge in [-0.2, -0.15) is 4.31 Å². The molecule has 2 atom stereocenters. The van der Waals surface area contributed by atoms with Crippen LogP contribution in [0, 0.1) is 0 Å². The average Bonchev–Trinajstić information content (AvgIpc) is 3.45. The molecule has 0 aliphatic carbocycles. The van der Waals surface area contributed by atoms with Crippen LogP contribution in [0.5, 0.6) is 0 Å². The molecule has 0 N–H and O–H groups in total. The Morgan fingerprint density at radius 3 is 2.41 bits per heavy atom. The molecule has 0 spiro atoms. The molecule has 2 aromatic rings. The topological polar surface area (TPSA) is 60.9 Å². The molecule has 4 rings (SSSR count). The Morgan fingerprint density at radius 2 is 1.76 bits per heavy atom. The fraction of sp³-hybridized carbons (Fsp3) is 0.476. The quantitative estimate of drug-likeness (QED) is 0.728. The minimum atomic E-state index is -3.50. The first-order chi connectivity index (χ1) is 14.0. The highest BCUT2D eigenvalue weighted by Crippen LogP contribution is 2.36. The number of piperazine rings is 1. The molecule has 8 heteroatoms. The van der Waals surface area contributed by atoms with E-state index < -0.39 is 10.0 Å². The van der Waals surface area contributed by atoms with Gasteiger partial charge >= 0.3 is 0 Å². The van der Waals surface area contributed by atoms with E-state index in [0.717, 1.165) is 19.4 Å². The number of hydrogen-bond acceptors (Lipinski definition) is 5. The van der Waals surface area contributed by atoms with Gasteiger partial charge in [0.15, 0.2) is 0 Å². The fourth-order valence-corrected chi connectivity index (χ4v) is 6.66. The van der Waals surface area contributed by atoms with Crippen LogP contribution in [0.2, 0.25) is 0 Å². The maximum Gasteiger partial charge on any atom is 0.243 e. The van der Waals surface area contributed by atoms with E-state index in [1.165, 1.54) is 9.18 Å². The lowest BCUT2D eigenvalue weighted by Gasteiger charge is -2.38. The van der Waals surface area contributed by atoms with Crippen molar-refractivity contribution in [3.63, 3.8) is 0 Å². The van der Waals surface area contributed by atoms with Gasteiger partial charge in [-0.3, -0.25) is 9.69 Å². The number of hydrogen-bond donors (Lipinski definition) is 0. The molecular formula is C21H27N3O3S2. The van der Waals surface area contributed by atoms with E-state index >= 15 is 0 Å². The predicted octanol–water partition coefficient (Wildman–Crippen LogP) is 2.81. The zero-order valence-electron chi connectivity index (χ0n) is 16.6. The number of carbonyl (C=O) groups is 1. The van der Waals surface area contributed by atoms with Crippen LogP contribution in [0.3, 0.4) is 0 Å². The molecule has 29 heavy (non-hydrogen) atoms. The zero-order valence-corrected chi connectivity index (χ0v) is 18.2. The van der Waals surface area contributed by atoms with E-state index in [1.54, 1.807) is 41.7 Å². The molecule has 156 valence electrons. The van der Waals surface area contributed by atoms with E-state index in [4.69, 9.17) is 0 Å². The first kappa shape index (κ1) is 20.5. The molecule has 2 saturated heterocycles. The molecule has 1 amide bonds. The van der Waals surface area contributed by atoms with Crippen LogP contribution in [0.25, 0.3) is 0 Å². The minimum absolute atomic E-state index is 0.102. The first-order valence-electron chi connectivity index (χ1n) is 10.1. The van der Waals surface area contributed by atoms with E-state index in [1.807, 2.05) is 11.8 Å². The molecule has 0 radical (unpaired) electrons. The van der Waals surface area contributed by atoms with Gasteiger partial charge in [-0.1, -0.05) is 24.3 Å². The summed E-state index contributed by atoms with van der Waals surface area (Å²) < 4.78 is 27.1. The Balaban J connectivity index is 1.39. The highest BCUT2D eigenvalue weighted by Gasteiger charge is 2.37. The van der Waals surface area contributed by atoms with E-state index in [0.29, 0.717) is 37.1 Å². The molecular weight excluding hydrogens is 406 g/mol. The normalized spacial score (nSPS) is 22.7. The number of thiophene rings is 1. The number of rotatable bonds is 5. The second kappa shape index (κ2) is 8.55. The summed E-state index contributed by atoms with van der Waals surface area (Å²) in [5, 5.41) is 2.09. The number of carbonyl (C=O) groups excluding carboxylic acids is 1. The van der Waals surface area contributed by atoms with Crippen LogP contribution in [0.15, 0.2) is 52.7 Å². The predicted molar refractivity (Wildman–Crippen MR) is 114 cm³/mol. The standard InChI is InChI=1S/C21H27N3O3S2/c1-17(24-11-5-9-19(24)20-10-6-16-28-20)21(25)22-12-14-23(15-13-22)29(26,27)18-7-3-2-4-8-18/h2-4,6-8,10,16-17,19H,5,9,11-15H2,1H3/t17-,19-/m0/s1. The van der Waals surface area contributed by atoms with Crippen LogP contribution in [-0.2, 0) is 14.8 Å². The monoisotopic (exact) mass is 433 g/mol. The van der Waals surface area contributed by atoms with Gasteiger partial charge in [0.1, 0.15) is 0 Å². The number of benzene rings is 1. The summed E-state index contributed by atoms with van der Waals surface area (Å²) in [6.07, 6.45) is 2.19. The molecule has 2 fully saturated rings. The number of sulfonamides is 1. The van der Waals surface area contributed by atoms with Crippen LogP contribution in [-0.4, -0.2) is 67.2 Å². The van der Waals surface area contributed by atoms with Crippen molar-refractivity contribution in [1.29, 1.82) is 0 Å². The maximum atomic E-state index is 13.1. The summed E-state index contributed by atoms with van der Waals surface area (Å²) in [6.45, 7) is 4.47. The third kappa shape index (κ3) is 4.12. The second-order valence-electron chi connectivity index (χ2n) is 7.63. The lowest BCUT2D eigenvalue weighted by atomic mass is 10.1. The van der Waals surface area contributed by atoms with Crippen LogP contribution in [0.1, 0.15) is 30.7 Å². The molecule has 3 heterocycles. The van der Waals surface area contributed by atoms with Crippen molar-refractivity contribution in [3.05, 3.63) is 52.7 Å². The highest BCUT2D eigenvalue weighted by atomic mass is 32.2. The Bertz CT molecular complexity index is 923. The first-order valence-corrected chi connectivity index (χ1v) is 12.4. The van der Waals surface area contributed by atoms with E-state index in [2.05, 4.69) is 22.4 Å². The van der Waals surface area contributed by atoms with E-state index in [-0.39, 0.29) is 11.9 Å². The summed E-state index contributed by atoms with van der Waals surface area (Å²) in [7, 11) is -3.50. The Morgan fingerprint density at radius 1 is 1.03 bits per heavy atom. The van der Waals surface area contributed by atoms with Gasteiger partial charge in [0.2, 0.25) is 15.9 Å². The summed E-state index contributed by atoms with van der Waals surface area (Å²) in [5.41, 5.74) is 0. The zero-order chi connectivity index (χ0) is 20.4. The minimum Gasteiger partial charge on any atom is -0.339 e. The second-order valence-corrected chi connectivity index (χ2v) is 10.5. The molecule has 2 aliphatic heterocycles. The number of nitrogens with zero attached hydrogens (tertiary/aromatic N) is 3. The summed E-state index contributed by atoms with van der Waals surface area (Å²) in [6, 6.07) is 12.8. The molecule has 6 nitrogen and oxygen atoms in total. The van der Waals surface area contributed by atoms with Gasteiger partial charge in [-0.15, -0.1) is 11.3 Å². The third-order valence-electron chi connectivity index (χ3n) is 5.95. The largest absolute Gasteiger partial charge is 0.339 e. The van der Waals surface area contributed by atoms with Gasteiger partial charge in [0.25, 0.3) is 0 Å². The van der Waals surface area contributed by atoms with Crippen molar-refractivity contribution in [1.82, 2.24) is 14.1 Å². The Labute approximate surface area is 176 Å². The van der Waals surface area contributed by atoms with Crippen molar-refractivity contribution < 1.29 is 13.2 Å². The summed E-state index contributed by atoms with van der Waals surface area (Å²) in [4.78, 5) is 18.9. The number of likely N-dealkylation sites (tertiary alicyclic amines) is 1. The van der Waals surface area contributed by atoms with Crippen molar-refractivity contribution in [2.45, 2.75) is 36.7 Å². The molecule has 1 aromatic heterocycles. The Kier molecular flexibility index (Phi) is 6.06. The lowest BCUT2D eigenvalue weighted by molar-refractivity contribution is -0.138. The number of amides is 1. The molecule has 0 unspecified atom stereocenters. The maximum absolute atomic E-state index is 13.1.